The van der Waals surface area contributed by atoms with Gasteiger partial charge in [0.15, 0.2) is 0 Å². The lowest BCUT2D eigenvalue weighted by Crippen LogP contribution is -2.33. The molecule has 1 aliphatic heterocycles. The number of nitrogens with one attached hydrogen (secondary N) is 1. The second-order valence-electron chi connectivity index (χ2n) is 6.45. The van der Waals surface area contributed by atoms with Crippen LogP contribution < -0.4 is 10.1 Å². The van der Waals surface area contributed by atoms with Gasteiger partial charge in [0, 0.05) is 37.0 Å². The second kappa shape index (κ2) is 6.14. The van der Waals surface area contributed by atoms with Gasteiger partial charge < -0.3 is 15.0 Å². The number of anilines is 1. The van der Waals surface area contributed by atoms with E-state index in [9.17, 15) is 4.79 Å². The molecule has 7 nitrogen and oxygen atoms in total. The Morgan fingerprint density at radius 1 is 1.33 bits per heavy atom. The van der Waals surface area contributed by atoms with Crippen LogP contribution in [0.1, 0.15) is 36.9 Å². The standard InChI is InChI=1S/C17H21N5O2/c1-24-15-4-2-3-13(9-15)18-17(23)21-8-7-14(10-21)22-11-16(19-20-22)12-5-6-12/h2-4,9,11-12,14H,5-8,10H2,1H3,(H,18,23). The van der Waals surface area contributed by atoms with E-state index in [0.717, 1.165) is 30.1 Å². The zero-order valence-electron chi connectivity index (χ0n) is 13.7. The molecule has 7 heteroatoms. The Hall–Kier alpha value is -2.57. The number of rotatable bonds is 4. The van der Waals surface area contributed by atoms with Crippen molar-refractivity contribution < 1.29 is 9.53 Å². The van der Waals surface area contributed by atoms with Crippen molar-refractivity contribution in [2.75, 3.05) is 25.5 Å². The third-order valence-electron chi connectivity index (χ3n) is 4.67. The highest BCUT2D eigenvalue weighted by molar-refractivity contribution is 5.89. The SMILES string of the molecule is COc1cccc(NC(=O)N2CCC(n3cc(C4CC4)nn3)C2)c1. The van der Waals surface area contributed by atoms with Crippen LogP contribution in [0.15, 0.2) is 30.5 Å². The molecule has 1 aromatic carbocycles. The van der Waals surface area contributed by atoms with E-state index in [1.165, 1.54) is 12.8 Å². The van der Waals surface area contributed by atoms with Gasteiger partial charge in [0.05, 0.1) is 18.8 Å². The molecule has 0 spiro atoms. The number of benzene rings is 1. The Morgan fingerprint density at radius 3 is 3.00 bits per heavy atom. The lowest BCUT2D eigenvalue weighted by atomic mass is 10.2. The van der Waals surface area contributed by atoms with Crippen LogP contribution in [-0.2, 0) is 0 Å². The number of aromatic nitrogens is 3. The maximum Gasteiger partial charge on any atom is 0.321 e. The van der Waals surface area contributed by atoms with Gasteiger partial charge in [-0.15, -0.1) is 5.10 Å². The monoisotopic (exact) mass is 327 g/mol. The van der Waals surface area contributed by atoms with E-state index in [2.05, 4.69) is 15.6 Å². The quantitative estimate of drug-likeness (QED) is 0.937. The van der Waals surface area contributed by atoms with Crippen LogP contribution in [0.4, 0.5) is 10.5 Å². The van der Waals surface area contributed by atoms with Gasteiger partial charge >= 0.3 is 6.03 Å². The predicted molar refractivity (Wildman–Crippen MR) is 89.2 cm³/mol. The molecule has 126 valence electrons. The van der Waals surface area contributed by atoms with Crippen LogP contribution in [-0.4, -0.2) is 46.1 Å². The minimum absolute atomic E-state index is 0.0896. The topological polar surface area (TPSA) is 72.3 Å². The van der Waals surface area contributed by atoms with Gasteiger partial charge in [-0.05, 0) is 31.4 Å². The maximum atomic E-state index is 12.4. The van der Waals surface area contributed by atoms with Crippen LogP contribution in [0.25, 0.3) is 0 Å². The summed E-state index contributed by atoms with van der Waals surface area (Å²) >= 11 is 0. The molecule has 2 aliphatic rings. The fourth-order valence-electron chi connectivity index (χ4n) is 3.08. The van der Waals surface area contributed by atoms with E-state index in [1.807, 2.05) is 40.0 Å². The normalized spacial score (nSPS) is 20.2. The van der Waals surface area contributed by atoms with E-state index < -0.39 is 0 Å². The third-order valence-corrected chi connectivity index (χ3v) is 4.67. The first-order chi connectivity index (χ1) is 11.7. The Morgan fingerprint density at radius 2 is 2.21 bits per heavy atom. The molecule has 24 heavy (non-hydrogen) atoms. The van der Waals surface area contributed by atoms with E-state index in [1.54, 1.807) is 7.11 Å². The second-order valence-corrected chi connectivity index (χ2v) is 6.45. The van der Waals surface area contributed by atoms with Crippen LogP contribution >= 0.6 is 0 Å². The molecule has 2 aromatic rings. The first-order valence-corrected chi connectivity index (χ1v) is 8.34. The van der Waals surface area contributed by atoms with Gasteiger partial charge in [0.25, 0.3) is 0 Å². The first kappa shape index (κ1) is 15.0. The molecular weight excluding hydrogens is 306 g/mol. The molecule has 1 aliphatic carbocycles. The van der Waals surface area contributed by atoms with Crippen molar-refractivity contribution >= 4 is 11.7 Å². The Bertz CT molecular complexity index is 740. The van der Waals surface area contributed by atoms with E-state index in [-0.39, 0.29) is 12.1 Å². The molecule has 0 bridgehead atoms. The largest absolute Gasteiger partial charge is 0.497 e. The molecule has 1 atom stereocenters. The Kier molecular flexibility index (Phi) is 3.84. The Labute approximate surface area is 140 Å². The minimum atomic E-state index is -0.0896. The molecule has 1 unspecified atom stereocenters. The summed E-state index contributed by atoms with van der Waals surface area (Å²) in [5.74, 6) is 1.33. The molecule has 2 fully saturated rings. The fourth-order valence-corrected chi connectivity index (χ4v) is 3.08. The molecule has 4 rings (SSSR count). The number of likely N-dealkylation sites (tertiary alicyclic amines) is 1. The summed E-state index contributed by atoms with van der Waals surface area (Å²) in [5, 5.41) is 11.4. The highest BCUT2D eigenvalue weighted by Gasteiger charge is 2.31. The summed E-state index contributed by atoms with van der Waals surface area (Å²) < 4.78 is 7.10. The van der Waals surface area contributed by atoms with Crippen LogP contribution in [0.2, 0.25) is 0 Å². The van der Waals surface area contributed by atoms with Crippen molar-refractivity contribution in [3.8, 4) is 5.75 Å². The van der Waals surface area contributed by atoms with Crippen LogP contribution in [0, 0.1) is 0 Å². The minimum Gasteiger partial charge on any atom is -0.497 e. The number of ether oxygens (including phenoxy) is 1. The number of hydrogen-bond acceptors (Lipinski definition) is 4. The summed E-state index contributed by atoms with van der Waals surface area (Å²) in [4.78, 5) is 14.3. The molecule has 2 amide bonds. The number of urea groups is 1. The van der Waals surface area contributed by atoms with Gasteiger partial charge in [-0.25, -0.2) is 9.48 Å². The summed E-state index contributed by atoms with van der Waals surface area (Å²) in [6.07, 6.45) is 5.39. The van der Waals surface area contributed by atoms with E-state index in [0.29, 0.717) is 12.5 Å². The number of amides is 2. The van der Waals surface area contributed by atoms with Crippen molar-refractivity contribution in [3.63, 3.8) is 0 Å². The summed E-state index contributed by atoms with van der Waals surface area (Å²) in [6, 6.07) is 7.49. The highest BCUT2D eigenvalue weighted by Crippen LogP contribution is 2.39. The average Bonchev–Trinajstić information content (AvgIpc) is 3.13. The van der Waals surface area contributed by atoms with E-state index >= 15 is 0 Å². The molecule has 1 saturated heterocycles. The summed E-state index contributed by atoms with van der Waals surface area (Å²) in [7, 11) is 1.61. The van der Waals surface area contributed by atoms with Gasteiger partial charge in [-0.2, -0.15) is 0 Å². The third kappa shape index (κ3) is 3.06. The van der Waals surface area contributed by atoms with Gasteiger partial charge in [0.1, 0.15) is 5.75 Å². The number of hydrogen-bond donors (Lipinski definition) is 1. The lowest BCUT2D eigenvalue weighted by molar-refractivity contribution is 0.220. The van der Waals surface area contributed by atoms with Crippen molar-refractivity contribution in [2.45, 2.75) is 31.2 Å². The summed E-state index contributed by atoms with van der Waals surface area (Å²) in [6.45, 7) is 1.38. The molecule has 0 radical (unpaired) electrons. The van der Waals surface area contributed by atoms with Gasteiger partial charge in [0.2, 0.25) is 0 Å². The van der Waals surface area contributed by atoms with Crippen molar-refractivity contribution in [1.82, 2.24) is 19.9 Å². The Balaban J connectivity index is 1.37. The van der Waals surface area contributed by atoms with Crippen LogP contribution in [0.3, 0.4) is 0 Å². The van der Waals surface area contributed by atoms with Gasteiger partial charge in [-0.3, -0.25) is 0 Å². The summed E-state index contributed by atoms with van der Waals surface area (Å²) in [5.41, 5.74) is 1.83. The number of carbonyl (C=O) groups is 1. The van der Waals surface area contributed by atoms with Crippen LogP contribution in [0.5, 0.6) is 5.75 Å². The van der Waals surface area contributed by atoms with E-state index in [4.69, 9.17) is 4.74 Å². The van der Waals surface area contributed by atoms with Crippen molar-refractivity contribution in [2.24, 2.45) is 0 Å². The zero-order chi connectivity index (χ0) is 16.5. The smallest absolute Gasteiger partial charge is 0.321 e. The lowest BCUT2D eigenvalue weighted by Gasteiger charge is -2.17. The first-order valence-electron chi connectivity index (χ1n) is 8.34. The molecule has 1 N–H and O–H groups in total. The molecule has 1 aromatic heterocycles. The molecule has 1 saturated carbocycles. The van der Waals surface area contributed by atoms with Crippen molar-refractivity contribution in [3.05, 3.63) is 36.2 Å². The number of methoxy groups -OCH3 is 1. The average molecular weight is 327 g/mol. The highest BCUT2D eigenvalue weighted by atomic mass is 16.5. The number of nitrogens with zero attached hydrogens (tertiary/aromatic N) is 4. The maximum absolute atomic E-state index is 12.4. The van der Waals surface area contributed by atoms with Gasteiger partial charge in [-0.1, -0.05) is 11.3 Å². The molecular formula is C17H21N5O2. The molecule has 2 heterocycles. The predicted octanol–water partition coefficient (Wildman–Crippen LogP) is 2.64. The zero-order valence-corrected chi connectivity index (χ0v) is 13.7. The number of carbonyl (C=O) groups excluding carboxylic acids is 1. The van der Waals surface area contributed by atoms with Crippen molar-refractivity contribution in [1.29, 1.82) is 0 Å². The fraction of sp³-hybridized carbons (Fsp3) is 0.471.